The van der Waals surface area contributed by atoms with Gasteiger partial charge in [0.25, 0.3) is 0 Å². The van der Waals surface area contributed by atoms with Gasteiger partial charge in [0.2, 0.25) is 5.91 Å². The molecule has 0 saturated carbocycles. The van der Waals surface area contributed by atoms with E-state index in [1.54, 1.807) is 6.07 Å². The van der Waals surface area contributed by atoms with Crippen molar-refractivity contribution in [2.75, 3.05) is 5.32 Å². The third-order valence-electron chi connectivity index (χ3n) is 3.09. The number of nitrogens with two attached hydrogens (primary N) is 1. The molecule has 1 rings (SSSR count). The molecule has 0 aliphatic carbocycles. The SMILES string of the molecule is CCC(C)C(N)C(=O)Nc1ccc(C#N)c(C#N)c1. The summed E-state index contributed by atoms with van der Waals surface area (Å²) in [5.41, 5.74) is 6.81. The summed E-state index contributed by atoms with van der Waals surface area (Å²) in [6, 6.07) is 7.80. The van der Waals surface area contributed by atoms with Gasteiger partial charge in [-0.1, -0.05) is 20.3 Å². The summed E-state index contributed by atoms with van der Waals surface area (Å²) in [6.07, 6.45) is 0.811. The van der Waals surface area contributed by atoms with Gasteiger partial charge >= 0.3 is 0 Å². The highest BCUT2D eigenvalue weighted by molar-refractivity contribution is 5.95. The molecule has 0 radical (unpaired) electrons. The van der Waals surface area contributed by atoms with Crippen molar-refractivity contribution in [2.24, 2.45) is 11.7 Å². The number of carbonyl (C=O) groups is 1. The molecule has 0 fully saturated rings. The van der Waals surface area contributed by atoms with Gasteiger partial charge in [0.15, 0.2) is 0 Å². The molecule has 0 aliphatic heterocycles. The fourth-order valence-electron chi connectivity index (χ4n) is 1.55. The molecule has 98 valence electrons. The molecule has 19 heavy (non-hydrogen) atoms. The molecule has 0 aliphatic rings. The third-order valence-corrected chi connectivity index (χ3v) is 3.09. The van der Waals surface area contributed by atoms with Gasteiger partial charge < -0.3 is 11.1 Å². The first-order valence-corrected chi connectivity index (χ1v) is 6.04. The van der Waals surface area contributed by atoms with Crippen molar-refractivity contribution in [3.8, 4) is 12.1 Å². The Morgan fingerprint density at radius 3 is 2.53 bits per heavy atom. The maximum atomic E-state index is 11.9. The van der Waals surface area contributed by atoms with E-state index in [0.29, 0.717) is 5.69 Å². The van der Waals surface area contributed by atoms with Crippen LogP contribution in [0, 0.1) is 28.6 Å². The smallest absolute Gasteiger partial charge is 0.241 e. The minimum atomic E-state index is -0.592. The van der Waals surface area contributed by atoms with Gasteiger partial charge in [0, 0.05) is 5.69 Å². The molecule has 5 heteroatoms. The molecule has 1 aromatic rings. The van der Waals surface area contributed by atoms with Crippen LogP contribution in [0.4, 0.5) is 5.69 Å². The molecular formula is C14H16N4O. The first-order valence-electron chi connectivity index (χ1n) is 6.04. The van der Waals surface area contributed by atoms with E-state index in [1.165, 1.54) is 12.1 Å². The molecule has 0 saturated heterocycles. The number of nitrogens with zero attached hydrogens (tertiary/aromatic N) is 2. The van der Waals surface area contributed by atoms with Crippen LogP contribution in [0.25, 0.3) is 0 Å². The van der Waals surface area contributed by atoms with Gasteiger partial charge in [-0.15, -0.1) is 0 Å². The van der Waals surface area contributed by atoms with E-state index in [1.807, 2.05) is 26.0 Å². The Morgan fingerprint density at radius 2 is 2.00 bits per heavy atom. The molecule has 2 atom stereocenters. The zero-order chi connectivity index (χ0) is 14.4. The third kappa shape index (κ3) is 3.54. The van der Waals surface area contributed by atoms with Crippen molar-refractivity contribution in [1.82, 2.24) is 0 Å². The van der Waals surface area contributed by atoms with Gasteiger partial charge in [-0.05, 0) is 24.1 Å². The number of rotatable bonds is 4. The Morgan fingerprint density at radius 1 is 1.37 bits per heavy atom. The van der Waals surface area contributed by atoms with Crippen LogP contribution in [-0.2, 0) is 4.79 Å². The lowest BCUT2D eigenvalue weighted by Crippen LogP contribution is -2.40. The van der Waals surface area contributed by atoms with Gasteiger partial charge in [-0.3, -0.25) is 4.79 Å². The highest BCUT2D eigenvalue weighted by Crippen LogP contribution is 2.16. The fraction of sp³-hybridized carbons (Fsp3) is 0.357. The van der Waals surface area contributed by atoms with Crippen LogP contribution >= 0.6 is 0 Å². The predicted molar refractivity (Wildman–Crippen MR) is 71.9 cm³/mol. The molecule has 0 spiro atoms. The monoisotopic (exact) mass is 256 g/mol. The second kappa shape index (κ2) is 6.53. The zero-order valence-electron chi connectivity index (χ0n) is 11.0. The average molecular weight is 256 g/mol. The second-order valence-corrected chi connectivity index (χ2v) is 4.38. The topological polar surface area (TPSA) is 103 Å². The van der Waals surface area contributed by atoms with Crippen molar-refractivity contribution in [3.63, 3.8) is 0 Å². The summed E-state index contributed by atoms with van der Waals surface area (Å²) in [7, 11) is 0. The summed E-state index contributed by atoms with van der Waals surface area (Å²) < 4.78 is 0. The summed E-state index contributed by atoms with van der Waals surface area (Å²) in [5, 5.41) is 20.4. The Hall–Kier alpha value is -2.37. The van der Waals surface area contributed by atoms with E-state index in [2.05, 4.69) is 5.32 Å². The van der Waals surface area contributed by atoms with E-state index >= 15 is 0 Å². The Kier molecular flexibility index (Phi) is 5.05. The molecule has 3 N–H and O–H groups in total. The normalized spacial score (nSPS) is 12.9. The van der Waals surface area contributed by atoms with Crippen LogP contribution in [0.2, 0.25) is 0 Å². The van der Waals surface area contributed by atoms with Crippen molar-refractivity contribution >= 4 is 11.6 Å². The molecule has 1 aromatic carbocycles. The van der Waals surface area contributed by atoms with E-state index < -0.39 is 6.04 Å². The maximum Gasteiger partial charge on any atom is 0.241 e. The summed E-state index contributed by atoms with van der Waals surface area (Å²) >= 11 is 0. The highest BCUT2D eigenvalue weighted by Gasteiger charge is 2.19. The maximum absolute atomic E-state index is 11.9. The van der Waals surface area contributed by atoms with E-state index in [0.717, 1.165) is 6.42 Å². The quantitative estimate of drug-likeness (QED) is 0.856. The first kappa shape index (κ1) is 14.7. The number of amides is 1. The lowest BCUT2D eigenvalue weighted by Gasteiger charge is -2.17. The minimum absolute atomic E-state index is 0.0776. The highest BCUT2D eigenvalue weighted by atomic mass is 16.2. The van der Waals surface area contributed by atoms with Gasteiger partial charge in [0.1, 0.15) is 12.1 Å². The van der Waals surface area contributed by atoms with Crippen molar-refractivity contribution in [1.29, 1.82) is 10.5 Å². The lowest BCUT2D eigenvalue weighted by atomic mass is 9.99. The number of benzene rings is 1. The average Bonchev–Trinajstić information content (AvgIpc) is 2.45. The van der Waals surface area contributed by atoms with Gasteiger partial charge in [-0.2, -0.15) is 10.5 Å². The van der Waals surface area contributed by atoms with Crippen LogP contribution in [0.1, 0.15) is 31.4 Å². The lowest BCUT2D eigenvalue weighted by molar-refractivity contribution is -0.118. The van der Waals surface area contributed by atoms with Crippen molar-refractivity contribution in [2.45, 2.75) is 26.3 Å². The molecule has 0 aromatic heterocycles. The zero-order valence-corrected chi connectivity index (χ0v) is 11.0. The number of anilines is 1. The standard InChI is InChI=1S/C14H16N4O/c1-3-9(2)13(17)14(19)18-12-5-4-10(7-15)11(6-12)8-16/h4-6,9,13H,3,17H2,1-2H3,(H,18,19). The predicted octanol–water partition coefficient (Wildman–Crippen LogP) is 1.74. The number of carbonyl (C=O) groups excluding carboxylic acids is 1. The summed E-state index contributed by atoms with van der Waals surface area (Å²) in [5.74, 6) is -0.211. The van der Waals surface area contributed by atoms with E-state index in [-0.39, 0.29) is 23.0 Å². The number of hydrogen-bond donors (Lipinski definition) is 2. The van der Waals surface area contributed by atoms with Crippen molar-refractivity contribution < 1.29 is 4.79 Å². The summed E-state index contributed by atoms with van der Waals surface area (Å²) in [6.45, 7) is 3.87. The minimum Gasteiger partial charge on any atom is -0.325 e. The molecule has 0 heterocycles. The Balaban J connectivity index is 2.87. The molecule has 1 amide bonds. The van der Waals surface area contributed by atoms with Gasteiger partial charge in [0.05, 0.1) is 17.2 Å². The van der Waals surface area contributed by atoms with Crippen LogP contribution < -0.4 is 11.1 Å². The van der Waals surface area contributed by atoms with Gasteiger partial charge in [-0.25, -0.2) is 0 Å². The number of hydrogen-bond acceptors (Lipinski definition) is 4. The fourth-order valence-corrected chi connectivity index (χ4v) is 1.55. The number of nitriles is 2. The van der Waals surface area contributed by atoms with Crippen LogP contribution in [0.15, 0.2) is 18.2 Å². The Labute approximate surface area is 112 Å². The largest absolute Gasteiger partial charge is 0.325 e. The van der Waals surface area contributed by atoms with E-state index in [4.69, 9.17) is 16.3 Å². The van der Waals surface area contributed by atoms with Crippen LogP contribution in [0.3, 0.4) is 0 Å². The molecule has 0 bridgehead atoms. The van der Waals surface area contributed by atoms with Crippen LogP contribution in [0.5, 0.6) is 0 Å². The van der Waals surface area contributed by atoms with Crippen molar-refractivity contribution in [3.05, 3.63) is 29.3 Å². The second-order valence-electron chi connectivity index (χ2n) is 4.38. The molecular weight excluding hydrogens is 240 g/mol. The van der Waals surface area contributed by atoms with Crippen LogP contribution in [-0.4, -0.2) is 11.9 Å². The number of nitrogens with one attached hydrogen (secondary N) is 1. The first-order chi connectivity index (χ1) is 9.03. The molecule has 5 nitrogen and oxygen atoms in total. The Bertz CT molecular complexity index is 554. The molecule has 2 unspecified atom stereocenters. The van der Waals surface area contributed by atoms with E-state index in [9.17, 15) is 4.79 Å². The summed E-state index contributed by atoms with van der Waals surface area (Å²) in [4.78, 5) is 11.9.